The van der Waals surface area contributed by atoms with Gasteiger partial charge in [-0.25, -0.2) is 14.4 Å². The molecule has 0 aliphatic carbocycles. The van der Waals surface area contributed by atoms with Crippen LogP contribution in [0.15, 0.2) is 60.9 Å². The van der Waals surface area contributed by atoms with Gasteiger partial charge in [0.1, 0.15) is 5.75 Å². The van der Waals surface area contributed by atoms with Crippen LogP contribution in [0.3, 0.4) is 0 Å². The number of carbonyl (C=O) groups is 1. The SMILES string of the molecule is CCOc1ccc(C(=O)Nc2cnc(Oc3ccccc3F)nc2)cc1. The zero-order valence-electron chi connectivity index (χ0n) is 14.0. The molecular formula is C19H16FN3O3. The summed E-state index contributed by atoms with van der Waals surface area (Å²) in [6.07, 6.45) is 2.77. The molecule has 0 unspecified atom stereocenters. The molecule has 0 aliphatic rings. The number of hydrogen-bond donors (Lipinski definition) is 1. The van der Waals surface area contributed by atoms with E-state index in [9.17, 15) is 9.18 Å². The molecule has 0 atom stereocenters. The van der Waals surface area contributed by atoms with E-state index in [1.807, 2.05) is 6.92 Å². The lowest BCUT2D eigenvalue weighted by Crippen LogP contribution is -2.12. The average molecular weight is 353 g/mol. The summed E-state index contributed by atoms with van der Waals surface area (Å²) in [5.41, 5.74) is 0.866. The van der Waals surface area contributed by atoms with Crippen molar-refractivity contribution in [2.24, 2.45) is 0 Å². The Bertz CT molecular complexity index is 883. The maximum atomic E-state index is 13.5. The summed E-state index contributed by atoms with van der Waals surface area (Å²) in [6.45, 7) is 2.45. The number of anilines is 1. The van der Waals surface area contributed by atoms with Crippen LogP contribution in [-0.2, 0) is 0 Å². The second-order valence-corrected chi connectivity index (χ2v) is 5.20. The number of carbonyl (C=O) groups excluding carboxylic acids is 1. The largest absolute Gasteiger partial charge is 0.494 e. The van der Waals surface area contributed by atoms with Crippen molar-refractivity contribution < 1.29 is 18.7 Å². The number of aromatic nitrogens is 2. The number of nitrogens with one attached hydrogen (secondary N) is 1. The third-order valence-corrected chi connectivity index (χ3v) is 3.35. The van der Waals surface area contributed by atoms with Gasteiger partial charge in [0.25, 0.3) is 5.91 Å². The van der Waals surface area contributed by atoms with E-state index in [1.165, 1.54) is 24.5 Å². The minimum atomic E-state index is -0.510. The normalized spacial score (nSPS) is 10.2. The van der Waals surface area contributed by atoms with Gasteiger partial charge in [-0.3, -0.25) is 4.79 Å². The molecule has 0 spiro atoms. The van der Waals surface area contributed by atoms with Crippen LogP contribution < -0.4 is 14.8 Å². The third kappa shape index (κ3) is 4.32. The fraction of sp³-hybridized carbons (Fsp3) is 0.105. The second-order valence-electron chi connectivity index (χ2n) is 5.20. The summed E-state index contributed by atoms with van der Waals surface area (Å²) in [4.78, 5) is 20.1. The number of nitrogens with zero attached hydrogens (tertiary/aromatic N) is 2. The summed E-state index contributed by atoms with van der Waals surface area (Å²) in [5, 5.41) is 2.68. The third-order valence-electron chi connectivity index (χ3n) is 3.35. The lowest BCUT2D eigenvalue weighted by atomic mass is 10.2. The van der Waals surface area contributed by atoms with Gasteiger partial charge in [0.15, 0.2) is 11.6 Å². The van der Waals surface area contributed by atoms with Crippen molar-refractivity contribution in [2.45, 2.75) is 6.92 Å². The van der Waals surface area contributed by atoms with Gasteiger partial charge >= 0.3 is 6.01 Å². The minimum Gasteiger partial charge on any atom is -0.494 e. The Morgan fingerprint density at radius 1 is 1.08 bits per heavy atom. The molecule has 0 aliphatic heterocycles. The quantitative estimate of drug-likeness (QED) is 0.723. The van der Waals surface area contributed by atoms with Gasteiger partial charge in [-0.2, -0.15) is 0 Å². The summed E-state index contributed by atoms with van der Waals surface area (Å²) in [5.74, 6) is -0.0934. The highest BCUT2D eigenvalue weighted by molar-refractivity contribution is 6.04. The van der Waals surface area contributed by atoms with Crippen LogP contribution in [0, 0.1) is 5.82 Å². The average Bonchev–Trinajstić information content (AvgIpc) is 2.66. The van der Waals surface area contributed by atoms with Gasteiger partial charge in [0, 0.05) is 5.56 Å². The van der Waals surface area contributed by atoms with E-state index >= 15 is 0 Å². The van der Waals surface area contributed by atoms with Gasteiger partial charge < -0.3 is 14.8 Å². The molecule has 1 heterocycles. The Kier molecular flexibility index (Phi) is 5.38. The van der Waals surface area contributed by atoms with Crippen molar-refractivity contribution in [1.29, 1.82) is 0 Å². The van der Waals surface area contributed by atoms with Crippen molar-refractivity contribution >= 4 is 11.6 Å². The summed E-state index contributed by atoms with van der Waals surface area (Å²) in [7, 11) is 0. The molecule has 0 fully saturated rings. The Balaban J connectivity index is 1.63. The first-order valence-electron chi connectivity index (χ1n) is 7.94. The predicted molar refractivity (Wildman–Crippen MR) is 94.1 cm³/mol. The molecule has 3 rings (SSSR count). The molecule has 26 heavy (non-hydrogen) atoms. The van der Waals surface area contributed by atoms with E-state index in [0.29, 0.717) is 23.6 Å². The zero-order chi connectivity index (χ0) is 18.4. The summed E-state index contributed by atoms with van der Waals surface area (Å²) >= 11 is 0. The van der Waals surface area contributed by atoms with Crippen LogP contribution in [0.5, 0.6) is 17.5 Å². The van der Waals surface area contributed by atoms with E-state index in [1.54, 1.807) is 36.4 Å². The molecule has 2 aromatic carbocycles. The van der Waals surface area contributed by atoms with Crippen LogP contribution >= 0.6 is 0 Å². The molecule has 132 valence electrons. The monoisotopic (exact) mass is 353 g/mol. The topological polar surface area (TPSA) is 73.3 Å². The molecule has 0 bridgehead atoms. The van der Waals surface area contributed by atoms with E-state index in [4.69, 9.17) is 9.47 Å². The highest BCUT2D eigenvalue weighted by Gasteiger charge is 2.09. The Morgan fingerprint density at radius 3 is 2.42 bits per heavy atom. The Labute approximate surface area is 149 Å². The summed E-state index contributed by atoms with van der Waals surface area (Å²) < 4.78 is 24.1. The molecule has 1 amide bonds. The van der Waals surface area contributed by atoms with Crippen molar-refractivity contribution in [2.75, 3.05) is 11.9 Å². The van der Waals surface area contributed by atoms with Crippen molar-refractivity contribution in [1.82, 2.24) is 9.97 Å². The van der Waals surface area contributed by atoms with Crippen LogP contribution in [0.2, 0.25) is 0 Å². The minimum absolute atomic E-state index is 0.0193. The van der Waals surface area contributed by atoms with Crippen molar-refractivity contribution in [3.8, 4) is 17.5 Å². The Hall–Kier alpha value is -3.48. The van der Waals surface area contributed by atoms with Gasteiger partial charge in [-0.1, -0.05) is 12.1 Å². The number of amides is 1. The summed E-state index contributed by atoms with van der Waals surface area (Å²) in [6, 6.07) is 12.7. The second kappa shape index (κ2) is 8.06. The molecule has 1 N–H and O–H groups in total. The number of halogens is 1. The van der Waals surface area contributed by atoms with Crippen LogP contribution in [-0.4, -0.2) is 22.5 Å². The van der Waals surface area contributed by atoms with Gasteiger partial charge in [0.2, 0.25) is 0 Å². The predicted octanol–water partition coefficient (Wildman–Crippen LogP) is 4.06. The van der Waals surface area contributed by atoms with Gasteiger partial charge in [-0.15, -0.1) is 0 Å². The number of hydrogen-bond acceptors (Lipinski definition) is 5. The number of benzene rings is 2. The first kappa shape index (κ1) is 17.3. The van der Waals surface area contributed by atoms with Crippen molar-refractivity contribution in [3.63, 3.8) is 0 Å². The van der Waals surface area contributed by atoms with Gasteiger partial charge in [-0.05, 0) is 43.3 Å². The molecule has 7 heteroatoms. The first-order chi connectivity index (χ1) is 12.7. The molecule has 3 aromatic rings. The van der Waals surface area contributed by atoms with Gasteiger partial charge in [0.05, 0.1) is 24.7 Å². The fourth-order valence-electron chi connectivity index (χ4n) is 2.13. The molecule has 1 aromatic heterocycles. The zero-order valence-corrected chi connectivity index (χ0v) is 14.0. The molecular weight excluding hydrogens is 337 g/mol. The molecule has 6 nitrogen and oxygen atoms in total. The molecule has 0 saturated carbocycles. The number of ether oxygens (including phenoxy) is 2. The van der Waals surface area contributed by atoms with E-state index in [2.05, 4.69) is 15.3 Å². The van der Waals surface area contributed by atoms with Crippen LogP contribution in [0.1, 0.15) is 17.3 Å². The maximum Gasteiger partial charge on any atom is 0.322 e. The lowest BCUT2D eigenvalue weighted by molar-refractivity contribution is 0.102. The van der Waals surface area contributed by atoms with Crippen molar-refractivity contribution in [3.05, 3.63) is 72.3 Å². The van der Waals surface area contributed by atoms with E-state index < -0.39 is 5.82 Å². The molecule has 0 radical (unpaired) electrons. The van der Waals surface area contributed by atoms with E-state index in [0.717, 1.165) is 0 Å². The highest BCUT2D eigenvalue weighted by atomic mass is 19.1. The lowest BCUT2D eigenvalue weighted by Gasteiger charge is -2.07. The van der Waals surface area contributed by atoms with Crippen LogP contribution in [0.4, 0.5) is 10.1 Å². The molecule has 0 saturated heterocycles. The first-order valence-corrected chi connectivity index (χ1v) is 7.94. The Morgan fingerprint density at radius 2 is 1.77 bits per heavy atom. The smallest absolute Gasteiger partial charge is 0.322 e. The standard InChI is InChI=1S/C19H16FN3O3/c1-2-25-15-9-7-13(8-10-15)18(24)23-14-11-21-19(22-12-14)26-17-6-4-3-5-16(17)20/h3-12H,2H2,1H3,(H,23,24). The van der Waals surface area contributed by atoms with E-state index in [-0.39, 0.29) is 17.7 Å². The highest BCUT2D eigenvalue weighted by Crippen LogP contribution is 2.21. The van der Waals surface area contributed by atoms with Crippen LogP contribution in [0.25, 0.3) is 0 Å². The maximum absolute atomic E-state index is 13.5. The number of rotatable bonds is 6. The fourth-order valence-corrected chi connectivity index (χ4v) is 2.13. The number of para-hydroxylation sites is 1.